The molecular weight excluding hydrogens is 308 g/mol. The van der Waals surface area contributed by atoms with Crippen molar-refractivity contribution in [2.24, 2.45) is 0 Å². The van der Waals surface area contributed by atoms with E-state index in [9.17, 15) is 4.79 Å². The van der Waals surface area contributed by atoms with Crippen LogP contribution in [0.4, 0.5) is 0 Å². The van der Waals surface area contributed by atoms with Crippen LogP contribution in [0.3, 0.4) is 0 Å². The zero-order valence-corrected chi connectivity index (χ0v) is 14.0. The van der Waals surface area contributed by atoms with Crippen molar-refractivity contribution in [2.45, 2.75) is 6.42 Å². The molecule has 2 nitrogen and oxygen atoms in total. The average Bonchev–Trinajstić information content (AvgIpc) is 2.70. The Hall–Kier alpha value is -3.13. The second-order valence-corrected chi connectivity index (χ2v) is 5.64. The van der Waals surface area contributed by atoms with Gasteiger partial charge in [-0.3, -0.25) is 0 Å². The topological polar surface area (TPSA) is 26.3 Å². The van der Waals surface area contributed by atoms with Gasteiger partial charge in [-0.1, -0.05) is 84.9 Å². The zero-order chi connectivity index (χ0) is 17.3. The van der Waals surface area contributed by atoms with Gasteiger partial charge in [-0.05, 0) is 28.8 Å². The molecule has 0 radical (unpaired) electrons. The molecule has 0 saturated carbocycles. The highest BCUT2D eigenvalue weighted by Crippen LogP contribution is 2.23. The Balaban J connectivity index is 1.69. The van der Waals surface area contributed by atoms with Crippen molar-refractivity contribution in [1.29, 1.82) is 0 Å². The van der Waals surface area contributed by atoms with Crippen LogP contribution in [-0.2, 0) is 4.74 Å². The summed E-state index contributed by atoms with van der Waals surface area (Å²) in [5.74, 6) is -0.282. The first-order valence-electron chi connectivity index (χ1n) is 8.38. The highest BCUT2D eigenvalue weighted by Gasteiger charge is 2.06. The van der Waals surface area contributed by atoms with E-state index in [1.165, 1.54) is 0 Å². The molecule has 0 aliphatic rings. The fourth-order valence-corrected chi connectivity index (χ4v) is 2.65. The lowest BCUT2D eigenvalue weighted by atomic mass is 9.97. The quantitative estimate of drug-likeness (QED) is 0.449. The molecule has 0 atom stereocenters. The molecule has 0 heterocycles. The molecule has 124 valence electrons. The van der Waals surface area contributed by atoms with E-state index in [1.807, 2.05) is 54.6 Å². The third-order valence-corrected chi connectivity index (χ3v) is 3.88. The summed E-state index contributed by atoms with van der Waals surface area (Å²) in [7, 11) is 0. The Morgan fingerprint density at radius 2 is 1.12 bits per heavy atom. The fourth-order valence-electron chi connectivity index (χ4n) is 2.65. The van der Waals surface area contributed by atoms with Gasteiger partial charge in [-0.25, -0.2) is 4.79 Å². The summed E-state index contributed by atoms with van der Waals surface area (Å²) >= 11 is 0. The van der Waals surface area contributed by atoms with Crippen molar-refractivity contribution in [3.05, 3.63) is 114 Å². The number of esters is 1. The first-order chi connectivity index (χ1) is 12.3. The lowest BCUT2D eigenvalue weighted by molar-refractivity contribution is 0.0512. The van der Waals surface area contributed by atoms with Crippen LogP contribution in [0.1, 0.15) is 27.9 Å². The van der Waals surface area contributed by atoms with Gasteiger partial charge in [0.2, 0.25) is 0 Å². The minimum atomic E-state index is -0.282. The highest BCUT2D eigenvalue weighted by molar-refractivity contribution is 5.89. The molecule has 0 spiro atoms. The summed E-state index contributed by atoms with van der Waals surface area (Å²) in [4.78, 5) is 12.0. The molecule has 0 aliphatic heterocycles. The number of hydrogen-bond acceptors (Lipinski definition) is 2. The Morgan fingerprint density at radius 3 is 1.60 bits per heavy atom. The van der Waals surface area contributed by atoms with E-state index in [0.29, 0.717) is 18.6 Å². The smallest absolute Gasteiger partial charge is 0.338 e. The molecule has 0 amide bonds. The molecule has 0 unspecified atom stereocenters. The second kappa shape index (κ2) is 8.65. The monoisotopic (exact) mass is 328 g/mol. The molecule has 2 heteroatoms. The normalized spacial score (nSPS) is 10.1. The summed E-state index contributed by atoms with van der Waals surface area (Å²) in [6.45, 7) is 0.358. The summed E-state index contributed by atoms with van der Waals surface area (Å²) in [5.41, 5.74) is 4.04. The number of carbonyl (C=O) groups is 1. The Bertz CT molecular complexity index is 780. The van der Waals surface area contributed by atoms with Gasteiger partial charge in [0.25, 0.3) is 0 Å². The maximum Gasteiger partial charge on any atom is 0.338 e. The van der Waals surface area contributed by atoms with E-state index in [1.54, 1.807) is 12.1 Å². The van der Waals surface area contributed by atoms with E-state index in [4.69, 9.17) is 4.74 Å². The van der Waals surface area contributed by atoms with E-state index < -0.39 is 0 Å². The minimum Gasteiger partial charge on any atom is -0.462 e. The molecule has 3 aromatic rings. The summed E-state index contributed by atoms with van der Waals surface area (Å²) in [6, 6.07) is 29.6. The zero-order valence-electron chi connectivity index (χ0n) is 14.0. The first-order valence-corrected chi connectivity index (χ1v) is 8.38. The summed E-state index contributed by atoms with van der Waals surface area (Å²) in [6.07, 6.45) is 2.79. The van der Waals surface area contributed by atoms with Crippen LogP contribution in [0.15, 0.2) is 97.1 Å². The predicted octanol–water partition coefficient (Wildman–Crippen LogP) is 5.37. The number of ether oxygens (including phenoxy) is 1. The van der Waals surface area contributed by atoms with E-state index >= 15 is 0 Å². The first kappa shape index (κ1) is 16.7. The molecule has 0 aliphatic carbocycles. The van der Waals surface area contributed by atoms with E-state index in [2.05, 4.69) is 30.3 Å². The van der Waals surface area contributed by atoms with Gasteiger partial charge in [-0.15, -0.1) is 0 Å². The highest BCUT2D eigenvalue weighted by atomic mass is 16.5. The van der Waals surface area contributed by atoms with Crippen molar-refractivity contribution in [3.63, 3.8) is 0 Å². The lowest BCUT2D eigenvalue weighted by Gasteiger charge is -2.09. The average molecular weight is 328 g/mol. The molecule has 0 bridgehead atoms. The molecule has 3 aromatic carbocycles. The van der Waals surface area contributed by atoms with Crippen molar-refractivity contribution in [2.75, 3.05) is 6.61 Å². The maximum atomic E-state index is 12.0. The van der Waals surface area contributed by atoms with Crippen molar-refractivity contribution in [1.82, 2.24) is 0 Å². The number of benzene rings is 3. The Labute approximate surface area is 148 Å². The lowest BCUT2D eigenvalue weighted by Crippen LogP contribution is -2.05. The third kappa shape index (κ3) is 4.67. The van der Waals surface area contributed by atoms with Gasteiger partial charge in [-0.2, -0.15) is 0 Å². The standard InChI is InChI=1S/C23H20O2/c24-23(21-15-8-3-9-16-21)25-18-10-17-22(19-11-4-1-5-12-19)20-13-6-2-7-14-20/h1-9,11-17H,10,18H2. The van der Waals surface area contributed by atoms with E-state index in [0.717, 1.165) is 16.7 Å². The SMILES string of the molecule is O=C(OCCC=C(c1ccccc1)c1ccccc1)c1ccccc1. The number of rotatable bonds is 6. The fraction of sp³-hybridized carbons (Fsp3) is 0.0870. The van der Waals surface area contributed by atoms with Crippen LogP contribution < -0.4 is 0 Å². The molecule has 0 fully saturated rings. The third-order valence-electron chi connectivity index (χ3n) is 3.88. The van der Waals surface area contributed by atoms with Gasteiger partial charge >= 0.3 is 5.97 Å². The van der Waals surface area contributed by atoms with Gasteiger partial charge in [0, 0.05) is 6.42 Å². The van der Waals surface area contributed by atoms with Crippen LogP contribution in [-0.4, -0.2) is 12.6 Å². The van der Waals surface area contributed by atoms with Crippen molar-refractivity contribution < 1.29 is 9.53 Å². The molecular formula is C23H20O2. The Kier molecular flexibility index (Phi) is 5.78. The van der Waals surface area contributed by atoms with Gasteiger partial charge < -0.3 is 4.74 Å². The molecule has 0 aromatic heterocycles. The maximum absolute atomic E-state index is 12.0. The molecule has 0 saturated heterocycles. The minimum absolute atomic E-state index is 0.282. The van der Waals surface area contributed by atoms with Crippen molar-refractivity contribution in [3.8, 4) is 0 Å². The van der Waals surface area contributed by atoms with Crippen LogP contribution in [0, 0.1) is 0 Å². The predicted molar refractivity (Wildman–Crippen MR) is 101 cm³/mol. The summed E-state index contributed by atoms with van der Waals surface area (Å²) in [5, 5.41) is 0. The molecule has 25 heavy (non-hydrogen) atoms. The van der Waals surface area contributed by atoms with Crippen LogP contribution in [0.2, 0.25) is 0 Å². The second-order valence-electron chi connectivity index (χ2n) is 5.64. The van der Waals surface area contributed by atoms with Gasteiger partial charge in [0.05, 0.1) is 12.2 Å². The van der Waals surface area contributed by atoms with E-state index in [-0.39, 0.29) is 5.97 Å². The van der Waals surface area contributed by atoms with Gasteiger partial charge in [0.1, 0.15) is 0 Å². The van der Waals surface area contributed by atoms with Gasteiger partial charge in [0.15, 0.2) is 0 Å². The van der Waals surface area contributed by atoms with Crippen LogP contribution in [0.25, 0.3) is 5.57 Å². The van der Waals surface area contributed by atoms with Crippen LogP contribution >= 0.6 is 0 Å². The molecule has 0 N–H and O–H groups in total. The largest absolute Gasteiger partial charge is 0.462 e. The number of carbonyl (C=O) groups excluding carboxylic acids is 1. The molecule has 3 rings (SSSR count). The Morgan fingerprint density at radius 1 is 0.680 bits per heavy atom. The summed E-state index contributed by atoms with van der Waals surface area (Å²) < 4.78 is 5.37. The number of hydrogen-bond donors (Lipinski definition) is 0. The van der Waals surface area contributed by atoms with Crippen LogP contribution in [0.5, 0.6) is 0 Å². The van der Waals surface area contributed by atoms with Crippen molar-refractivity contribution >= 4 is 11.5 Å².